The number of amides is 1. The summed E-state index contributed by atoms with van der Waals surface area (Å²) in [5, 5.41) is 9.15. The Balaban J connectivity index is 1.98. The van der Waals surface area contributed by atoms with Gasteiger partial charge in [-0.1, -0.05) is 24.4 Å². The standard InChI is InChI=1S/C18H19N3O2S/c1-21(2)17(22)5-3-4-13-6-8-14(9-7-13)23-16-10-11-20-18(24)15(16)12-19/h6-11H,3-5H2,1-2H3,(H,20,24). The number of hydrogen-bond donors (Lipinski definition) is 1. The third-order valence-corrected chi connectivity index (χ3v) is 3.86. The molecule has 0 saturated carbocycles. The van der Waals surface area contributed by atoms with E-state index in [4.69, 9.17) is 22.2 Å². The fourth-order valence-electron chi connectivity index (χ4n) is 2.17. The molecule has 1 aromatic carbocycles. The summed E-state index contributed by atoms with van der Waals surface area (Å²) in [5.41, 5.74) is 1.46. The van der Waals surface area contributed by atoms with Crippen molar-refractivity contribution in [3.63, 3.8) is 0 Å². The summed E-state index contributed by atoms with van der Waals surface area (Å²) in [6, 6.07) is 11.4. The maximum atomic E-state index is 11.5. The first kappa shape index (κ1) is 17.7. The molecule has 0 saturated heterocycles. The highest BCUT2D eigenvalue weighted by molar-refractivity contribution is 7.71. The van der Waals surface area contributed by atoms with E-state index in [9.17, 15) is 4.79 Å². The number of aryl methyl sites for hydroxylation is 1. The van der Waals surface area contributed by atoms with E-state index in [1.807, 2.05) is 30.3 Å². The van der Waals surface area contributed by atoms with Crippen molar-refractivity contribution >= 4 is 18.1 Å². The number of pyridine rings is 1. The molecule has 0 atom stereocenters. The Morgan fingerprint density at radius 2 is 2.00 bits per heavy atom. The van der Waals surface area contributed by atoms with Gasteiger partial charge in [-0.2, -0.15) is 5.26 Å². The number of aromatic nitrogens is 1. The van der Waals surface area contributed by atoms with Gasteiger partial charge in [0.25, 0.3) is 0 Å². The minimum atomic E-state index is 0.139. The van der Waals surface area contributed by atoms with Crippen LogP contribution in [0.4, 0.5) is 0 Å². The van der Waals surface area contributed by atoms with E-state index in [0.29, 0.717) is 28.1 Å². The van der Waals surface area contributed by atoms with Crippen LogP contribution in [0.2, 0.25) is 0 Å². The Hall–Kier alpha value is -2.65. The summed E-state index contributed by atoms with van der Waals surface area (Å²) >= 11 is 5.07. The second-order valence-electron chi connectivity index (χ2n) is 5.55. The second kappa shape index (κ2) is 8.27. The lowest BCUT2D eigenvalue weighted by Crippen LogP contribution is -2.21. The van der Waals surface area contributed by atoms with E-state index < -0.39 is 0 Å². The second-order valence-corrected chi connectivity index (χ2v) is 5.95. The van der Waals surface area contributed by atoms with Crippen LogP contribution >= 0.6 is 12.2 Å². The topological polar surface area (TPSA) is 69.1 Å². The highest BCUT2D eigenvalue weighted by Gasteiger charge is 2.07. The van der Waals surface area contributed by atoms with Gasteiger partial charge in [-0.05, 0) is 36.6 Å². The Morgan fingerprint density at radius 3 is 2.62 bits per heavy atom. The smallest absolute Gasteiger partial charge is 0.222 e. The molecular weight excluding hydrogens is 322 g/mol. The summed E-state index contributed by atoms with van der Waals surface area (Å²) in [7, 11) is 3.53. The van der Waals surface area contributed by atoms with Crippen LogP contribution in [0.15, 0.2) is 36.5 Å². The molecule has 0 bridgehead atoms. The van der Waals surface area contributed by atoms with E-state index in [-0.39, 0.29) is 5.91 Å². The Morgan fingerprint density at radius 1 is 1.29 bits per heavy atom. The van der Waals surface area contributed by atoms with Gasteiger partial charge in [-0.3, -0.25) is 4.79 Å². The number of nitrogens with zero attached hydrogens (tertiary/aromatic N) is 2. The molecule has 0 aliphatic carbocycles. The molecule has 1 N–H and O–H groups in total. The monoisotopic (exact) mass is 341 g/mol. The third kappa shape index (κ3) is 4.67. The summed E-state index contributed by atoms with van der Waals surface area (Å²) in [6.45, 7) is 0. The number of nitrogens with one attached hydrogen (secondary N) is 1. The van der Waals surface area contributed by atoms with Gasteiger partial charge in [0.15, 0.2) is 0 Å². The third-order valence-electron chi connectivity index (χ3n) is 3.54. The van der Waals surface area contributed by atoms with Crippen molar-refractivity contribution in [2.45, 2.75) is 19.3 Å². The van der Waals surface area contributed by atoms with Gasteiger partial charge in [0.1, 0.15) is 27.8 Å². The molecule has 0 fully saturated rings. The van der Waals surface area contributed by atoms with Crippen LogP contribution < -0.4 is 4.74 Å². The normalized spacial score (nSPS) is 10.0. The number of H-pyrrole nitrogens is 1. The van der Waals surface area contributed by atoms with Gasteiger partial charge >= 0.3 is 0 Å². The van der Waals surface area contributed by atoms with Crippen LogP contribution in [0, 0.1) is 16.0 Å². The number of aromatic amines is 1. The van der Waals surface area contributed by atoms with Gasteiger partial charge in [0.05, 0.1) is 0 Å². The van der Waals surface area contributed by atoms with Crippen molar-refractivity contribution < 1.29 is 9.53 Å². The van der Waals surface area contributed by atoms with E-state index in [0.717, 1.165) is 18.4 Å². The molecule has 0 unspecified atom stereocenters. The Labute approximate surface area is 146 Å². The molecule has 1 heterocycles. The van der Waals surface area contributed by atoms with Gasteiger partial charge in [0.2, 0.25) is 5.91 Å². The summed E-state index contributed by atoms with van der Waals surface area (Å²) in [6.07, 6.45) is 3.83. The predicted molar refractivity (Wildman–Crippen MR) is 94.5 cm³/mol. The van der Waals surface area contributed by atoms with Gasteiger partial charge < -0.3 is 14.6 Å². The highest BCUT2D eigenvalue weighted by atomic mass is 32.1. The summed E-state index contributed by atoms with van der Waals surface area (Å²) < 4.78 is 6.10. The van der Waals surface area contributed by atoms with Gasteiger partial charge in [0, 0.05) is 26.7 Å². The number of rotatable bonds is 6. The van der Waals surface area contributed by atoms with Crippen LogP contribution in [0.5, 0.6) is 11.5 Å². The van der Waals surface area contributed by atoms with E-state index in [1.54, 1.807) is 31.3 Å². The van der Waals surface area contributed by atoms with Gasteiger partial charge in [-0.25, -0.2) is 0 Å². The molecule has 1 amide bonds. The van der Waals surface area contributed by atoms with Crippen molar-refractivity contribution in [1.82, 2.24) is 9.88 Å². The number of ether oxygens (including phenoxy) is 1. The average Bonchev–Trinajstić information content (AvgIpc) is 2.56. The zero-order valence-corrected chi connectivity index (χ0v) is 14.5. The van der Waals surface area contributed by atoms with Crippen LogP contribution in [-0.4, -0.2) is 29.9 Å². The number of benzene rings is 1. The summed E-state index contributed by atoms with van der Waals surface area (Å²) in [5.74, 6) is 1.21. The van der Waals surface area contributed by atoms with Crippen LogP contribution in [0.3, 0.4) is 0 Å². The predicted octanol–water partition coefficient (Wildman–Crippen LogP) is 3.82. The highest BCUT2D eigenvalue weighted by Crippen LogP contribution is 2.25. The zero-order valence-electron chi connectivity index (χ0n) is 13.7. The fourth-order valence-corrected chi connectivity index (χ4v) is 2.38. The molecule has 0 spiro atoms. The van der Waals surface area contributed by atoms with E-state index in [2.05, 4.69) is 4.98 Å². The van der Waals surface area contributed by atoms with Crippen LogP contribution in [0.25, 0.3) is 0 Å². The quantitative estimate of drug-likeness (QED) is 0.811. The first-order valence-electron chi connectivity index (χ1n) is 7.60. The maximum absolute atomic E-state index is 11.5. The molecule has 0 aliphatic rings. The number of nitriles is 1. The largest absolute Gasteiger partial charge is 0.456 e. The lowest BCUT2D eigenvalue weighted by atomic mass is 10.1. The van der Waals surface area contributed by atoms with Gasteiger partial charge in [-0.15, -0.1) is 0 Å². The minimum absolute atomic E-state index is 0.139. The Bertz CT molecular complexity index is 804. The van der Waals surface area contributed by atoms with Crippen molar-refractivity contribution in [1.29, 1.82) is 5.26 Å². The molecule has 6 heteroatoms. The van der Waals surface area contributed by atoms with Crippen molar-refractivity contribution in [3.05, 3.63) is 52.3 Å². The number of carbonyl (C=O) groups is 1. The van der Waals surface area contributed by atoms with Crippen molar-refractivity contribution in [3.8, 4) is 17.6 Å². The van der Waals surface area contributed by atoms with Crippen LogP contribution in [-0.2, 0) is 11.2 Å². The molecular formula is C18H19N3O2S. The van der Waals surface area contributed by atoms with Crippen molar-refractivity contribution in [2.24, 2.45) is 0 Å². The first-order chi connectivity index (χ1) is 11.5. The fraction of sp³-hybridized carbons (Fsp3) is 0.278. The molecule has 5 nitrogen and oxygen atoms in total. The molecule has 2 aromatic rings. The van der Waals surface area contributed by atoms with E-state index >= 15 is 0 Å². The van der Waals surface area contributed by atoms with E-state index in [1.165, 1.54) is 0 Å². The Kier molecular flexibility index (Phi) is 6.10. The minimum Gasteiger partial charge on any atom is -0.456 e. The molecule has 24 heavy (non-hydrogen) atoms. The molecule has 124 valence electrons. The lowest BCUT2D eigenvalue weighted by molar-refractivity contribution is -0.128. The number of hydrogen-bond acceptors (Lipinski definition) is 4. The van der Waals surface area contributed by atoms with Crippen molar-refractivity contribution in [2.75, 3.05) is 14.1 Å². The number of carbonyl (C=O) groups excluding carboxylic acids is 1. The van der Waals surface area contributed by atoms with Crippen LogP contribution in [0.1, 0.15) is 24.0 Å². The maximum Gasteiger partial charge on any atom is 0.222 e. The average molecular weight is 341 g/mol. The summed E-state index contributed by atoms with van der Waals surface area (Å²) in [4.78, 5) is 16.0. The molecule has 0 radical (unpaired) electrons. The zero-order chi connectivity index (χ0) is 17.5. The first-order valence-corrected chi connectivity index (χ1v) is 8.01. The molecule has 2 rings (SSSR count). The lowest BCUT2D eigenvalue weighted by Gasteiger charge is -2.10. The SMILES string of the molecule is CN(C)C(=O)CCCc1ccc(Oc2cc[nH]c(=S)c2C#N)cc1. The molecule has 0 aliphatic heterocycles. The molecule has 1 aromatic heterocycles.